The van der Waals surface area contributed by atoms with E-state index in [9.17, 15) is 23.2 Å². The van der Waals surface area contributed by atoms with Gasteiger partial charge in [0.2, 0.25) is 0 Å². The summed E-state index contributed by atoms with van der Waals surface area (Å²) in [5, 5.41) is 5.02. The summed E-state index contributed by atoms with van der Waals surface area (Å²) in [4.78, 5) is 35.5. The van der Waals surface area contributed by atoms with E-state index in [1.165, 1.54) is 26.2 Å². The zero-order valence-electron chi connectivity index (χ0n) is 14.8. The first kappa shape index (κ1) is 20.4. The molecule has 2 N–H and O–H groups in total. The van der Waals surface area contributed by atoms with Crippen LogP contribution in [0.3, 0.4) is 0 Å². The van der Waals surface area contributed by atoms with E-state index in [4.69, 9.17) is 9.47 Å². The van der Waals surface area contributed by atoms with Crippen LogP contribution in [-0.4, -0.2) is 50.2 Å². The van der Waals surface area contributed by atoms with Crippen molar-refractivity contribution >= 4 is 17.8 Å². The van der Waals surface area contributed by atoms with Crippen molar-refractivity contribution in [2.45, 2.75) is 38.5 Å². The molecule has 1 aliphatic rings. The van der Waals surface area contributed by atoms with Crippen molar-refractivity contribution in [2.75, 3.05) is 13.7 Å². The molecule has 1 saturated carbocycles. The van der Waals surface area contributed by atoms with Gasteiger partial charge in [-0.25, -0.2) is 0 Å². The van der Waals surface area contributed by atoms with Crippen molar-refractivity contribution in [1.29, 1.82) is 0 Å². The van der Waals surface area contributed by atoms with Gasteiger partial charge in [-0.1, -0.05) is 0 Å². The van der Waals surface area contributed by atoms with Gasteiger partial charge in [0, 0.05) is 11.6 Å². The molecule has 1 aliphatic carbocycles. The number of methoxy groups -OCH3 is 1. The van der Waals surface area contributed by atoms with E-state index in [1.54, 1.807) is 0 Å². The van der Waals surface area contributed by atoms with Crippen molar-refractivity contribution in [3.05, 3.63) is 23.8 Å². The number of hydrogen-bond donors (Lipinski definition) is 2. The van der Waals surface area contributed by atoms with Gasteiger partial charge in [0.25, 0.3) is 11.8 Å². The minimum Gasteiger partial charge on any atom is -0.493 e. The van der Waals surface area contributed by atoms with Crippen LogP contribution >= 0.6 is 0 Å². The number of nitrogens with one attached hydrogen (secondary N) is 2. The minimum absolute atomic E-state index is 0.0594. The number of halogens is 2. The Balaban J connectivity index is 1.85. The molecule has 10 heteroatoms. The van der Waals surface area contributed by atoms with E-state index < -0.39 is 37.0 Å². The molecule has 0 heterocycles. The number of carbonyl (C=O) groups excluding carboxylic acids is 3. The highest BCUT2D eigenvalue weighted by molar-refractivity contribution is 5.96. The maximum Gasteiger partial charge on any atom is 0.387 e. The molecule has 1 aromatic carbocycles. The summed E-state index contributed by atoms with van der Waals surface area (Å²) >= 11 is 0. The Morgan fingerprint density at radius 3 is 2.52 bits per heavy atom. The van der Waals surface area contributed by atoms with Crippen LogP contribution in [0.5, 0.6) is 11.5 Å². The Kier molecular flexibility index (Phi) is 6.91. The monoisotopic (exact) mass is 386 g/mol. The summed E-state index contributed by atoms with van der Waals surface area (Å²) in [5.74, 6) is -2.11. The molecule has 1 fully saturated rings. The first-order chi connectivity index (χ1) is 12.8. The van der Waals surface area contributed by atoms with Crippen LogP contribution in [0.25, 0.3) is 0 Å². The van der Waals surface area contributed by atoms with Crippen molar-refractivity contribution in [3.8, 4) is 11.5 Å². The largest absolute Gasteiger partial charge is 0.493 e. The maximum absolute atomic E-state index is 12.3. The van der Waals surface area contributed by atoms with Crippen LogP contribution in [0.1, 0.15) is 30.1 Å². The van der Waals surface area contributed by atoms with Crippen molar-refractivity contribution in [1.82, 2.24) is 10.6 Å². The Morgan fingerprint density at radius 2 is 1.93 bits per heavy atom. The standard InChI is InChI=1S/C17H20F2N2O6/c1-9(15(23)21-11-4-5-11)26-14(22)8-20-16(24)10-3-6-12(27-17(18)19)13(7-10)25-2/h3,6-7,9,11,17H,4-5,8H2,1-2H3,(H,20,24)(H,21,23)/t9-/m0/s1. The number of alkyl halides is 2. The van der Waals surface area contributed by atoms with E-state index in [0.29, 0.717) is 0 Å². The van der Waals surface area contributed by atoms with Gasteiger partial charge < -0.3 is 24.8 Å². The fraction of sp³-hybridized carbons (Fsp3) is 0.471. The van der Waals surface area contributed by atoms with Crippen LogP contribution in [0.2, 0.25) is 0 Å². The lowest BCUT2D eigenvalue weighted by molar-refractivity contribution is -0.153. The molecule has 0 unspecified atom stereocenters. The number of esters is 1. The molecule has 148 valence electrons. The van der Waals surface area contributed by atoms with Gasteiger partial charge in [-0.2, -0.15) is 8.78 Å². The fourth-order valence-electron chi connectivity index (χ4n) is 2.10. The van der Waals surface area contributed by atoms with E-state index >= 15 is 0 Å². The average Bonchev–Trinajstić information content (AvgIpc) is 3.43. The zero-order valence-corrected chi connectivity index (χ0v) is 14.8. The van der Waals surface area contributed by atoms with Gasteiger partial charge in [-0.05, 0) is 38.0 Å². The quantitative estimate of drug-likeness (QED) is 0.619. The molecule has 1 aromatic rings. The third-order valence-corrected chi connectivity index (χ3v) is 3.64. The summed E-state index contributed by atoms with van der Waals surface area (Å²) in [6.07, 6.45) is 0.848. The van der Waals surface area contributed by atoms with E-state index in [0.717, 1.165) is 18.9 Å². The van der Waals surface area contributed by atoms with E-state index in [-0.39, 0.29) is 23.1 Å². The van der Waals surface area contributed by atoms with Gasteiger partial charge in [0.05, 0.1) is 7.11 Å². The molecule has 0 spiro atoms. The predicted molar refractivity (Wildman–Crippen MR) is 88.7 cm³/mol. The molecule has 1 atom stereocenters. The zero-order chi connectivity index (χ0) is 20.0. The van der Waals surface area contributed by atoms with Crippen molar-refractivity contribution in [2.24, 2.45) is 0 Å². The van der Waals surface area contributed by atoms with Gasteiger partial charge >= 0.3 is 12.6 Å². The molecule has 27 heavy (non-hydrogen) atoms. The van der Waals surface area contributed by atoms with Gasteiger partial charge in [-0.15, -0.1) is 0 Å². The van der Waals surface area contributed by atoms with Crippen LogP contribution in [0.15, 0.2) is 18.2 Å². The summed E-state index contributed by atoms with van der Waals surface area (Å²) in [6, 6.07) is 3.74. The summed E-state index contributed by atoms with van der Waals surface area (Å²) < 4.78 is 38.7. The fourth-order valence-corrected chi connectivity index (χ4v) is 2.10. The first-order valence-corrected chi connectivity index (χ1v) is 8.21. The molecule has 2 rings (SSSR count). The Morgan fingerprint density at radius 1 is 1.22 bits per heavy atom. The summed E-state index contributed by atoms with van der Waals surface area (Å²) in [7, 11) is 1.24. The topological polar surface area (TPSA) is 103 Å². The third-order valence-electron chi connectivity index (χ3n) is 3.64. The first-order valence-electron chi connectivity index (χ1n) is 8.21. The number of ether oxygens (including phenoxy) is 3. The molecule has 2 amide bonds. The van der Waals surface area contributed by atoms with Crippen molar-refractivity contribution in [3.63, 3.8) is 0 Å². The number of benzene rings is 1. The average molecular weight is 386 g/mol. The van der Waals surface area contributed by atoms with E-state index in [2.05, 4.69) is 15.4 Å². The number of rotatable bonds is 9. The second kappa shape index (κ2) is 9.15. The van der Waals surface area contributed by atoms with Gasteiger partial charge in [0.1, 0.15) is 6.54 Å². The highest BCUT2D eigenvalue weighted by Gasteiger charge is 2.27. The Bertz CT molecular complexity index is 709. The Hall–Kier alpha value is -2.91. The lowest BCUT2D eigenvalue weighted by Gasteiger charge is -2.14. The lowest BCUT2D eigenvalue weighted by Crippen LogP contribution is -2.39. The van der Waals surface area contributed by atoms with Gasteiger partial charge in [-0.3, -0.25) is 14.4 Å². The normalized spacial score (nSPS) is 14.3. The molecule has 8 nitrogen and oxygen atoms in total. The molecule has 0 radical (unpaired) electrons. The molecular formula is C17H20F2N2O6. The second-order valence-corrected chi connectivity index (χ2v) is 5.84. The van der Waals surface area contributed by atoms with Gasteiger partial charge in [0.15, 0.2) is 17.6 Å². The van der Waals surface area contributed by atoms with Crippen LogP contribution in [-0.2, 0) is 14.3 Å². The number of hydrogen-bond acceptors (Lipinski definition) is 6. The van der Waals surface area contributed by atoms with Crippen LogP contribution < -0.4 is 20.1 Å². The third kappa shape index (κ3) is 6.39. The highest BCUT2D eigenvalue weighted by atomic mass is 19.3. The molecule has 0 bridgehead atoms. The predicted octanol–water partition coefficient (Wildman–Crippen LogP) is 1.24. The maximum atomic E-state index is 12.3. The smallest absolute Gasteiger partial charge is 0.387 e. The molecular weight excluding hydrogens is 366 g/mol. The summed E-state index contributed by atoms with van der Waals surface area (Å²) in [5.41, 5.74) is 0.0702. The Labute approximate surface area is 154 Å². The molecule has 0 aliphatic heterocycles. The van der Waals surface area contributed by atoms with E-state index in [1.807, 2.05) is 0 Å². The second-order valence-electron chi connectivity index (χ2n) is 5.84. The minimum atomic E-state index is -3.03. The number of amides is 2. The van der Waals surface area contributed by atoms with Crippen molar-refractivity contribution < 1.29 is 37.4 Å². The molecule has 0 saturated heterocycles. The molecule has 0 aromatic heterocycles. The number of carbonyl (C=O) groups is 3. The summed E-state index contributed by atoms with van der Waals surface area (Å²) in [6.45, 7) is -2.06. The lowest BCUT2D eigenvalue weighted by atomic mass is 10.2. The highest BCUT2D eigenvalue weighted by Crippen LogP contribution is 2.29. The SMILES string of the molecule is COc1cc(C(=O)NCC(=O)O[C@@H](C)C(=O)NC2CC2)ccc1OC(F)F. The van der Waals surface area contributed by atoms with Crippen LogP contribution in [0.4, 0.5) is 8.78 Å². The van der Waals surface area contributed by atoms with Crippen LogP contribution in [0, 0.1) is 0 Å².